The Morgan fingerprint density at radius 1 is 1.56 bits per heavy atom. The van der Waals surface area contributed by atoms with Crippen LogP contribution in [0.5, 0.6) is 0 Å². The number of piperidine rings is 1. The summed E-state index contributed by atoms with van der Waals surface area (Å²) in [6, 6.07) is 0.713. The number of nitrogens with one attached hydrogen (secondary N) is 1. The zero-order chi connectivity index (χ0) is 11.0. The minimum Gasteiger partial charge on any atom is -0.448 e. The molecule has 1 aromatic heterocycles. The normalized spacial score (nSPS) is 30.6. The molecule has 16 heavy (non-hydrogen) atoms. The van der Waals surface area contributed by atoms with E-state index in [0.717, 1.165) is 30.5 Å². The lowest BCUT2D eigenvalue weighted by Crippen LogP contribution is -2.44. The van der Waals surface area contributed by atoms with Crippen molar-refractivity contribution in [1.82, 2.24) is 15.2 Å². The first-order valence-corrected chi connectivity index (χ1v) is 6.18. The van der Waals surface area contributed by atoms with Crippen molar-refractivity contribution in [2.75, 3.05) is 19.6 Å². The summed E-state index contributed by atoms with van der Waals surface area (Å²) in [6.45, 7) is 6.48. The molecule has 0 aromatic carbocycles. The van der Waals surface area contributed by atoms with Crippen molar-refractivity contribution >= 4 is 0 Å². The van der Waals surface area contributed by atoms with Crippen molar-refractivity contribution in [3.05, 3.63) is 17.8 Å². The Labute approximate surface area is 96.0 Å². The number of aromatic nitrogens is 1. The summed E-state index contributed by atoms with van der Waals surface area (Å²) >= 11 is 0. The summed E-state index contributed by atoms with van der Waals surface area (Å²) in [5, 5.41) is 3.50. The lowest BCUT2D eigenvalue weighted by atomic mass is 9.92. The molecule has 4 heteroatoms. The molecule has 4 nitrogen and oxygen atoms in total. The first-order chi connectivity index (χ1) is 7.84. The Morgan fingerprint density at radius 2 is 2.50 bits per heavy atom. The summed E-state index contributed by atoms with van der Waals surface area (Å²) < 4.78 is 5.26. The molecule has 2 atom stereocenters. The van der Waals surface area contributed by atoms with E-state index in [1.807, 2.05) is 6.92 Å². The molecule has 0 saturated carbocycles. The van der Waals surface area contributed by atoms with Gasteiger partial charge in [0.05, 0.1) is 5.69 Å². The van der Waals surface area contributed by atoms with Crippen LogP contribution in [-0.2, 0) is 6.54 Å². The number of oxazole rings is 1. The standard InChI is InChI=1S/C12H19N3O/c1-9-11(14-8-16-9)7-15-4-2-3-10-5-13-6-12(10)15/h8,10,12-13H,2-7H2,1H3. The van der Waals surface area contributed by atoms with Crippen molar-refractivity contribution in [3.63, 3.8) is 0 Å². The molecule has 0 bridgehead atoms. The Balaban J connectivity index is 1.72. The molecule has 2 aliphatic rings. The Hall–Kier alpha value is -0.870. The van der Waals surface area contributed by atoms with Crippen LogP contribution in [0.4, 0.5) is 0 Å². The molecule has 0 spiro atoms. The second-order valence-electron chi connectivity index (χ2n) is 4.95. The number of rotatable bonds is 2. The van der Waals surface area contributed by atoms with Crippen LogP contribution in [-0.4, -0.2) is 35.6 Å². The van der Waals surface area contributed by atoms with Gasteiger partial charge in [-0.1, -0.05) is 0 Å². The fraction of sp³-hybridized carbons (Fsp3) is 0.750. The molecular weight excluding hydrogens is 202 g/mol. The third kappa shape index (κ3) is 1.76. The van der Waals surface area contributed by atoms with Gasteiger partial charge in [-0.25, -0.2) is 4.98 Å². The summed E-state index contributed by atoms with van der Waals surface area (Å²) in [4.78, 5) is 6.86. The Morgan fingerprint density at radius 3 is 3.31 bits per heavy atom. The fourth-order valence-corrected chi connectivity index (χ4v) is 3.03. The van der Waals surface area contributed by atoms with Crippen molar-refractivity contribution < 1.29 is 4.42 Å². The smallest absolute Gasteiger partial charge is 0.181 e. The highest BCUT2D eigenvalue weighted by atomic mass is 16.3. The monoisotopic (exact) mass is 221 g/mol. The van der Waals surface area contributed by atoms with Crippen molar-refractivity contribution in [2.24, 2.45) is 5.92 Å². The highest BCUT2D eigenvalue weighted by molar-refractivity contribution is 5.06. The number of nitrogens with zero attached hydrogens (tertiary/aromatic N) is 2. The topological polar surface area (TPSA) is 41.3 Å². The average molecular weight is 221 g/mol. The lowest BCUT2D eigenvalue weighted by Gasteiger charge is -2.36. The first-order valence-electron chi connectivity index (χ1n) is 6.18. The van der Waals surface area contributed by atoms with Crippen LogP contribution < -0.4 is 5.32 Å². The van der Waals surface area contributed by atoms with E-state index >= 15 is 0 Å². The van der Waals surface area contributed by atoms with E-state index in [9.17, 15) is 0 Å². The van der Waals surface area contributed by atoms with Crippen LogP contribution in [0.2, 0.25) is 0 Å². The van der Waals surface area contributed by atoms with E-state index < -0.39 is 0 Å². The molecule has 2 saturated heterocycles. The predicted molar refractivity (Wildman–Crippen MR) is 61.0 cm³/mol. The van der Waals surface area contributed by atoms with Crippen LogP contribution >= 0.6 is 0 Å². The minimum atomic E-state index is 0.713. The van der Waals surface area contributed by atoms with Gasteiger partial charge in [0, 0.05) is 19.1 Å². The maximum absolute atomic E-state index is 5.26. The van der Waals surface area contributed by atoms with Crippen molar-refractivity contribution in [2.45, 2.75) is 32.4 Å². The number of hydrogen-bond donors (Lipinski definition) is 1. The number of hydrogen-bond acceptors (Lipinski definition) is 4. The van der Waals surface area contributed by atoms with Gasteiger partial charge in [-0.05, 0) is 38.8 Å². The molecule has 1 N–H and O–H groups in total. The summed E-state index contributed by atoms with van der Waals surface area (Å²) in [5.74, 6) is 1.81. The van der Waals surface area contributed by atoms with Crippen LogP contribution in [0.1, 0.15) is 24.3 Å². The molecule has 3 heterocycles. The van der Waals surface area contributed by atoms with Crippen LogP contribution in [0, 0.1) is 12.8 Å². The quantitative estimate of drug-likeness (QED) is 0.814. The van der Waals surface area contributed by atoms with Crippen molar-refractivity contribution in [1.29, 1.82) is 0 Å². The van der Waals surface area contributed by atoms with Crippen LogP contribution in [0.15, 0.2) is 10.8 Å². The molecule has 0 radical (unpaired) electrons. The highest BCUT2D eigenvalue weighted by Crippen LogP contribution is 2.27. The average Bonchev–Trinajstić information content (AvgIpc) is 2.89. The van der Waals surface area contributed by atoms with E-state index in [0.29, 0.717) is 6.04 Å². The Kier molecular flexibility index (Phi) is 2.69. The lowest BCUT2D eigenvalue weighted by molar-refractivity contribution is 0.116. The summed E-state index contributed by atoms with van der Waals surface area (Å²) in [7, 11) is 0. The third-order valence-electron chi connectivity index (χ3n) is 3.99. The second kappa shape index (κ2) is 4.18. The zero-order valence-corrected chi connectivity index (χ0v) is 9.78. The third-order valence-corrected chi connectivity index (χ3v) is 3.99. The van der Waals surface area contributed by atoms with Gasteiger partial charge in [-0.3, -0.25) is 4.90 Å². The zero-order valence-electron chi connectivity index (χ0n) is 9.78. The number of likely N-dealkylation sites (tertiary alicyclic amines) is 1. The molecular formula is C12H19N3O. The molecule has 2 aliphatic heterocycles. The van der Waals surface area contributed by atoms with Gasteiger partial charge in [0.2, 0.25) is 0 Å². The van der Waals surface area contributed by atoms with Gasteiger partial charge in [0.15, 0.2) is 6.39 Å². The summed E-state index contributed by atoms with van der Waals surface area (Å²) in [6.07, 6.45) is 4.25. The molecule has 0 amide bonds. The van der Waals surface area contributed by atoms with Gasteiger partial charge < -0.3 is 9.73 Å². The molecule has 3 rings (SSSR count). The van der Waals surface area contributed by atoms with Crippen LogP contribution in [0.25, 0.3) is 0 Å². The maximum atomic E-state index is 5.26. The van der Waals surface area contributed by atoms with E-state index in [1.165, 1.54) is 25.9 Å². The molecule has 88 valence electrons. The first kappa shape index (κ1) is 10.3. The largest absolute Gasteiger partial charge is 0.448 e. The van der Waals surface area contributed by atoms with E-state index in [4.69, 9.17) is 4.42 Å². The predicted octanol–water partition coefficient (Wildman–Crippen LogP) is 1.17. The molecule has 1 aromatic rings. The fourth-order valence-electron chi connectivity index (χ4n) is 3.03. The van der Waals surface area contributed by atoms with E-state index in [-0.39, 0.29) is 0 Å². The van der Waals surface area contributed by atoms with E-state index in [2.05, 4.69) is 15.2 Å². The maximum Gasteiger partial charge on any atom is 0.181 e. The highest BCUT2D eigenvalue weighted by Gasteiger charge is 2.35. The summed E-state index contributed by atoms with van der Waals surface area (Å²) in [5.41, 5.74) is 1.10. The van der Waals surface area contributed by atoms with Crippen LogP contribution in [0.3, 0.4) is 0 Å². The van der Waals surface area contributed by atoms with Gasteiger partial charge >= 0.3 is 0 Å². The number of fused-ring (bicyclic) bond motifs is 1. The Bertz CT molecular complexity index is 363. The second-order valence-corrected chi connectivity index (χ2v) is 4.95. The molecule has 2 unspecified atom stereocenters. The SMILES string of the molecule is Cc1ocnc1CN1CCCC2CNCC21. The van der Waals surface area contributed by atoms with Gasteiger partial charge in [0.1, 0.15) is 5.76 Å². The van der Waals surface area contributed by atoms with Gasteiger partial charge in [-0.15, -0.1) is 0 Å². The van der Waals surface area contributed by atoms with Gasteiger partial charge in [-0.2, -0.15) is 0 Å². The molecule has 2 fully saturated rings. The minimum absolute atomic E-state index is 0.713. The number of aryl methyl sites for hydroxylation is 1. The molecule has 0 aliphatic carbocycles. The van der Waals surface area contributed by atoms with Crippen molar-refractivity contribution in [3.8, 4) is 0 Å². The van der Waals surface area contributed by atoms with E-state index in [1.54, 1.807) is 6.39 Å². The van der Waals surface area contributed by atoms with Gasteiger partial charge in [0.25, 0.3) is 0 Å².